The van der Waals surface area contributed by atoms with Crippen molar-refractivity contribution in [3.63, 3.8) is 0 Å². The highest BCUT2D eigenvalue weighted by atomic mass is 14.7. The molecular formula is C22H15N. The summed E-state index contributed by atoms with van der Waals surface area (Å²) in [6.45, 7) is 0. The number of benzene rings is 4. The Hall–Kier alpha value is -3.06. The molecule has 0 amide bonds. The summed E-state index contributed by atoms with van der Waals surface area (Å²) >= 11 is 0. The van der Waals surface area contributed by atoms with Crippen LogP contribution in [0, 0.1) is 0 Å². The molecule has 1 N–H and O–H groups in total. The second-order valence-corrected chi connectivity index (χ2v) is 5.93. The molecule has 0 fully saturated rings. The van der Waals surface area contributed by atoms with Gasteiger partial charge in [-0.2, -0.15) is 0 Å². The summed E-state index contributed by atoms with van der Waals surface area (Å²) in [4.78, 5) is 3.64. The predicted molar refractivity (Wildman–Crippen MR) is 98.7 cm³/mol. The van der Waals surface area contributed by atoms with Gasteiger partial charge in [-0.05, 0) is 22.4 Å². The van der Waals surface area contributed by atoms with Gasteiger partial charge in [0.05, 0.1) is 5.52 Å². The van der Waals surface area contributed by atoms with E-state index in [1.807, 2.05) is 0 Å². The number of fused-ring (bicyclic) bond motifs is 5. The summed E-state index contributed by atoms with van der Waals surface area (Å²) in [6.07, 6.45) is 0. The molecule has 0 atom stereocenters. The molecule has 1 heterocycles. The molecule has 0 aliphatic rings. The van der Waals surface area contributed by atoms with E-state index in [9.17, 15) is 0 Å². The minimum Gasteiger partial charge on any atom is -0.354 e. The van der Waals surface area contributed by atoms with Crippen molar-refractivity contribution in [3.8, 4) is 11.1 Å². The van der Waals surface area contributed by atoms with Gasteiger partial charge >= 0.3 is 0 Å². The van der Waals surface area contributed by atoms with E-state index < -0.39 is 0 Å². The van der Waals surface area contributed by atoms with E-state index >= 15 is 0 Å². The SMILES string of the molecule is c1ccc(-c2cccc3c2[nH]c2ccc4ccccc4c23)cc1. The Morgan fingerprint density at radius 2 is 1.35 bits per heavy atom. The quantitative estimate of drug-likeness (QED) is 0.382. The average Bonchev–Trinajstić information content (AvgIpc) is 3.01. The van der Waals surface area contributed by atoms with Crippen LogP contribution in [0.3, 0.4) is 0 Å². The molecule has 0 saturated carbocycles. The topological polar surface area (TPSA) is 15.8 Å². The van der Waals surface area contributed by atoms with Gasteiger partial charge in [0.2, 0.25) is 0 Å². The van der Waals surface area contributed by atoms with Gasteiger partial charge in [0, 0.05) is 21.9 Å². The largest absolute Gasteiger partial charge is 0.354 e. The van der Waals surface area contributed by atoms with Crippen molar-refractivity contribution in [2.24, 2.45) is 0 Å². The lowest BCUT2D eigenvalue weighted by molar-refractivity contribution is 1.54. The number of hydrogen-bond acceptors (Lipinski definition) is 0. The highest BCUT2D eigenvalue weighted by Gasteiger charge is 2.11. The number of aromatic nitrogens is 1. The Bertz CT molecular complexity index is 1150. The number of rotatable bonds is 1. The van der Waals surface area contributed by atoms with E-state index in [2.05, 4.69) is 89.9 Å². The molecule has 0 radical (unpaired) electrons. The molecule has 0 bridgehead atoms. The van der Waals surface area contributed by atoms with Crippen LogP contribution in [-0.2, 0) is 0 Å². The normalized spacial score (nSPS) is 11.5. The van der Waals surface area contributed by atoms with Crippen LogP contribution in [0.25, 0.3) is 43.7 Å². The minimum atomic E-state index is 1.20. The van der Waals surface area contributed by atoms with Crippen LogP contribution in [0.2, 0.25) is 0 Å². The molecule has 1 aromatic heterocycles. The predicted octanol–water partition coefficient (Wildman–Crippen LogP) is 6.14. The van der Waals surface area contributed by atoms with Gasteiger partial charge in [-0.3, -0.25) is 0 Å². The Kier molecular flexibility index (Phi) is 2.56. The van der Waals surface area contributed by atoms with Crippen LogP contribution in [0.5, 0.6) is 0 Å². The Labute approximate surface area is 134 Å². The number of H-pyrrole nitrogens is 1. The average molecular weight is 293 g/mol. The van der Waals surface area contributed by atoms with Gasteiger partial charge in [0.1, 0.15) is 0 Å². The molecule has 0 aliphatic carbocycles. The first-order valence-corrected chi connectivity index (χ1v) is 7.89. The first kappa shape index (κ1) is 12.5. The Balaban J connectivity index is 1.96. The van der Waals surface area contributed by atoms with Crippen molar-refractivity contribution in [1.29, 1.82) is 0 Å². The fraction of sp³-hybridized carbons (Fsp3) is 0. The lowest BCUT2D eigenvalue weighted by atomic mass is 10.00. The lowest BCUT2D eigenvalue weighted by Crippen LogP contribution is -1.79. The van der Waals surface area contributed by atoms with Gasteiger partial charge in [0.15, 0.2) is 0 Å². The third kappa shape index (κ3) is 1.80. The zero-order valence-electron chi connectivity index (χ0n) is 12.6. The van der Waals surface area contributed by atoms with E-state index in [1.165, 1.54) is 43.7 Å². The summed E-state index contributed by atoms with van der Waals surface area (Å²) in [6, 6.07) is 30.1. The van der Waals surface area contributed by atoms with Crippen molar-refractivity contribution in [2.45, 2.75) is 0 Å². The molecule has 4 aromatic carbocycles. The zero-order valence-corrected chi connectivity index (χ0v) is 12.6. The molecular weight excluding hydrogens is 278 g/mol. The molecule has 1 heteroatoms. The third-order valence-corrected chi connectivity index (χ3v) is 4.61. The van der Waals surface area contributed by atoms with E-state index in [1.54, 1.807) is 0 Å². The maximum atomic E-state index is 3.64. The summed E-state index contributed by atoms with van der Waals surface area (Å²) < 4.78 is 0. The van der Waals surface area contributed by atoms with Crippen LogP contribution >= 0.6 is 0 Å². The van der Waals surface area contributed by atoms with Crippen molar-refractivity contribution in [3.05, 3.63) is 84.9 Å². The molecule has 23 heavy (non-hydrogen) atoms. The van der Waals surface area contributed by atoms with Crippen molar-refractivity contribution in [2.75, 3.05) is 0 Å². The smallest absolute Gasteiger partial charge is 0.0544 e. The molecule has 0 aliphatic heterocycles. The van der Waals surface area contributed by atoms with Gasteiger partial charge in [0.25, 0.3) is 0 Å². The first-order valence-electron chi connectivity index (χ1n) is 7.89. The monoisotopic (exact) mass is 293 g/mol. The summed E-state index contributed by atoms with van der Waals surface area (Å²) in [5, 5.41) is 5.20. The van der Waals surface area contributed by atoms with E-state index in [4.69, 9.17) is 0 Å². The standard InChI is InChI=1S/C22H15N/c1-2-7-15(8-3-1)18-11-6-12-19-21-17-10-5-4-9-16(17)13-14-20(21)23-22(18)19/h1-14,23H. The second-order valence-electron chi connectivity index (χ2n) is 5.93. The van der Waals surface area contributed by atoms with E-state index in [-0.39, 0.29) is 0 Å². The third-order valence-electron chi connectivity index (χ3n) is 4.61. The summed E-state index contributed by atoms with van der Waals surface area (Å²) in [7, 11) is 0. The van der Waals surface area contributed by atoms with Gasteiger partial charge in [-0.1, -0.05) is 78.9 Å². The molecule has 0 spiro atoms. The number of nitrogens with one attached hydrogen (secondary N) is 1. The lowest BCUT2D eigenvalue weighted by Gasteiger charge is -2.03. The van der Waals surface area contributed by atoms with Crippen molar-refractivity contribution >= 4 is 32.6 Å². The Morgan fingerprint density at radius 1 is 0.565 bits per heavy atom. The summed E-state index contributed by atoms with van der Waals surface area (Å²) in [5.74, 6) is 0. The summed E-state index contributed by atoms with van der Waals surface area (Å²) in [5.41, 5.74) is 4.91. The molecule has 108 valence electrons. The minimum absolute atomic E-state index is 1.20. The van der Waals surface area contributed by atoms with Crippen molar-refractivity contribution < 1.29 is 0 Å². The Morgan fingerprint density at radius 3 is 2.26 bits per heavy atom. The van der Waals surface area contributed by atoms with E-state index in [0.717, 1.165) is 0 Å². The van der Waals surface area contributed by atoms with Crippen molar-refractivity contribution in [1.82, 2.24) is 4.98 Å². The first-order chi connectivity index (χ1) is 11.4. The number of aromatic amines is 1. The van der Waals surface area contributed by atoms with Gasteiger partial charge in [-0.15, -0.1) is 0 Å². The van der Waals surface area contributed by atoms with Crippen LogP contribution < -0.4 is 0 Å². The second kappa shape index (κ2) is 4.72. The fourth-order valence-corrected chi connectivity index (χ4v) is 3.55. The maximum Gasteiger partial charge on any atom is 0.0544 e. The van der Waals surface area contributed by atoms with Crippen LogP contribution in [0.1, 0.15) is 0 Å². The molecule has 1 nitrogen and oxygen atoms in total. The van der Waals surface area contributed by atoms with Crippen LogP contribution in [0.4, 0.5) is 0 Å². The molecule has 0 unspecified atom stereocenters. The van der Waals surface area contributed by atoms with E-state index in [0.29, 0.717) is 0 Å². The molecule has 5 aromatic rings. The fourth-order valence-electron chi connectivity index (χ4n) is 3.55. The molecule has 5 rings (SSSR count). The highest BCUT2D eigenvalue weighted by molar-refractivity contribution is 6.22. The van der Waals surface area contributed by atoms with Crippen LogP contribution in [0.15, 0.2) is 84.9 Å². The van der Waals surface area contributed by atoms with Gasteiger partial charge < -0.3 is 4.98 Å². The maximum absolute atomic E-state index is 3.64. The van der Waals surface area contributed by atoms with Crippen LogP contribution in [-0.4, -0.2) is 4.98 Å². The molecule has 0 saturated heterocycles. The zero-order chi connectivity index (χ0) is 15.2. The number of para-hydroxylation sites is 1. The van der Waals surface area contributed by atoms with Gasteiger partial charge in [-0.25, -0.2) is 0 Å². The number of hydrogen-bond donors (Lipinski definition) is 1. The highest BCUT2D eigenvalue weighted by Crippen LogP contribution is 2.36.